The molecule has 0 unspecified atom stereocenters. The fraction of sp³-hybridized carbons (Fsp3) is 0.591. The average molecular weight is 419 g/mol. The Balaban J connectivity index is 1.52. The normalized spacial score (nSPS) is 17.2. The van der Waals surface area contributed by atoms with Crippen LogP contribution < -0.4 is 0 Å². The molecule has 1 aliphatic heterocycles. The zero-order valence-electron chi connectivity index (χ0n) is 17.1. The van der Waals surface area contributed by atoms with Crippen molar-refractivity contribution >= 4 is 29.5 Å². The number of nitrogens with zero attached hydrogens (tertiary/aromatic N) is 2. The van der Waals surface area contributed by atoms with E-state index in [0.717, 1.165) is 51.6 Å². The van der Waals surface area contributed by atoms with Gasteiger partial charge in [-0.05, 0) is 37.8 Å². The first-order valence-electron chi connectivity index (χ1n) is 10.5. The van der Waals surface area contributed by atoms with Crippen molar-refractivity contribution in [1.29, 1.82) is 0 Å². The molecular weight excluding hydrogens is 388 g/mol. The van der Waals surface area contributed by atoms with Gasteiger partial charge in [0.15, 0.2) is 6.61 Å². The number of hydrogen-bond donors (Lipinski definition) is 0. The lowest BCUT2D eigenvalue weighted by Crippen LogP contribution is -2.40. The molecule has 0 spiro atoms. The fourth-order valence-electron chi connectivity index (χ4n) is 3.94. The summed E-state index contributed by atoms with van der Waals surface area (Å²) in [6.45, 7) is 1.39. The zero-order valence-corrected chi connectivity index (χ0v) is 17.9. The summed E-state index contributed by atoms with van der Waals surface area (Å²) in [5.74, 6) is -0.292. The van der Waals surface area contributed by atoms with Gasteiger partial charge in [0.25, 0.3) is 5.91 Å². The van der Waals surface area contributed by atoms with Gasteiger partial charge in [-0.1, -0.05) is 31.4 Å². The fourth-order valence-corrected chi connectivity index (χ4v) is 4.88. The maximum Gasteiger partial charge on any atom is 0.339 e. The van der Waals surface area contributed by atoms with E-state index >= 15 is 0 Å². The van der Waals surface area contributed by atoms with Gasteiger partial charge in [-0.25, -0.2) is 4.79 Å². The highest BCUT2D eigenvalue weighted by Crippen LogP contribution is 2.25. The van der Waals surface area contributed by atoms with Crippen molar-refractivity contribution in [3.8, 4) is 0 Å². The Morgan fingerprint density at radius 1 is 1.07 bits per heavy atom. The van der Waals surface area contributed by atoms with Gasteiger partial charge in [0, 0.05) is 31.1 Å². The average Bonchev–Trinajstić information content (AvgIpc) is 3.31. The molecule has 2 amide bonds. The Hall–Kier alpha value is -2.02. The quantitative estimate of drug-likeness (QED) is 0.502. The molecule has 2 aliphatic rings. The number of carbonyl (C=O) groups is 3. The van der Waals surface area contributed by atoms with Gasteiger partial charge in [0.05, 0.1) is 11.3 Å². The lowest BCUT2D eigenvalue weighted by Gasteiger charge is -2.31. The first-order valence-corrected chi connectivity index (χ1v) is 11.5. The number of thioether (sulfide) groups is 1. The summed E-state index contributed by atoms with van der Waals surface area (Å²) in [4.78, 5) is 41.6. The predicted octanol–water partition coefficient (Wildman–Crippen LogP) is 3.35. The molecule has 6 nitrogen and oxygen atoms in total. The summed E-state index contributed by atoms with van der Waals surface area (Å²) < 4.78 is 5.31. The number of likely N-dealkylation sites (tertiary alicyclic amines) is 1. The molecule has 1 aliphatic carbocycles. The first kappa shape index (κ1) is 21.7. The van der Waals surface area contributed by atoms with Crippen LogP contribution in [0.2, 0.25) is 0 Å². The molecule has 1 heterocycles. The molecule has 0 aromatic heterocycles. The molecule has 0 N–H and O–H groups in total. The SMILES string of the molecule is CN(C(=O)COC(=O)c1ccccc1SCC(=O)N1CCCC1)C1CCCCC1. The number of amides is 2. The van der Waals surface area contributed by atoms with Crippen molar-refractivity contribution < 1.29 is 19.1 Å². The summed E-state index contributed by atoms with van der Waals surface area (Å²) in [5, 5.41) is 0. The van der Waals surface area contributed by atoms with Crippen LogP contribution in [0.5, 0.6) is 0 Å². The second-order valence-electron chi connectivity index (χ2n) is 7.75. The van der Waals surface area contributed by atoms with E-state index in [1.807, 2.05) is 17.0 Å². The zero-order chi connectivity index (χ0) is 20.6. The van der Waals surface area contributed by atoms with E-state index in [1.54, 1.807) is 24.1 Å². The largest absolute Gasteiger partial charge is 0.452 e. The van der Waals surface area contributed by atoms with Gasteiger partial charge in [0.1, 0.15) is 0 Å². The number of benzene rings is 1. The van der Waals surface area contributed by atoms with Gasteiger partial charge in [-0.15, -0.1) is 11.8 Å². The highest BCUT2D eigenvalue weighted by Gasteiger charge is 2.24. The van der Waals surface area contributed by atoms with Crippen LogP contribution in [0.3, 0.4) is 0 Å². The third kappa shape index (κ3) is 5.98. The smallest absolute Gasteiger partial charge is 0.339 e. The molecule has 7 heteroatoms. The monoisotopic (exact) mass is 418 g/mol. The summed E-state index contributed by atoms with van der Waals surface area (Å²) >= 11 is 1.35. The molecule has 158 valence electrons. The van der Waals surface area contributed by atoms with E-state index in [0.29, 0.717) is 16.2 Å². The molecule has 1 aromatic rings. The molecule has 0 radical (unpaired) electrons. The minimum Gasteiger partial charge on any atom is -0.452 e. The van der Waals surface area contributed by atoms with Crippen LogP contribution in [0.15, 0.2) is 29.2 Å². The van der Waals surface area contributed by atoms with Crippen LogP contribution in [-0.2, 0) is 14.3 Å². The van der Waals surface area contributed by atoms with Crippen LogP contribution in [-0.4, -0.2) is 66.1 Å². The van der Waals surface area contributed by atoms with Crippen LogP contribution in [0.4, 0.5) is 0 Å². The van der Waals surface area contributed by atoms with E-state index in [4.69, 9.17) is 4.74 Å². The summed E-state index contributed by atoms with van der Waals surface area (Å²) in [6.07, 6.45) is 7.65. The predicted molar refractivity (Wildman–Crippen MR) is 113 cm³/mol. The molecule has 1 aromatic carbocycles. The number of carbonyl (C=O) groups excluding carboxylic acids is 3. The minimum atomic E-state index is -0.521. The van der Waals surface area contributed by atoms with Crippen LogP contribution >= 0.6 is 11.8 Å². The van der Waals surface area contributed by atoms with E-state index in [9.17, 15) is 14.4 Å². The molecule has 1 saturated carbocycles. The van der Waals surface area contributed by atoms with E-state index in [-0.39, 0.29) is 24.5 Å². The number of rotatable bonds is 7. The standard InChI is InChI=1S/C22H30N2O4S/c1-23(17-9-3-2-4-10-17)20(25)15-28-22(27)18-11-5-6-12-19(18)29-16-21(26)24-13-7-8-14-24/h5-6,11-12,17H,2-4,7-10,13-16H2,1H3. The molecule has 2 fully saturated rings. The van der Waals surface area contributed by atoms with Crippen molar-refractivity contribution in [2.24, 2.45) is 0 Å². The number of likely N-dealkylation sites (N-methyl/N-ethyl adjacent to an activating group) is 1. The Kier molecular flexibility index (Phi) is 7.98. The maximum atomic E-state index is 12.6. The van der Waals surface area contributed by atoms with Gasteiger partial charge in [-0.2, -0.15) is 0 Å². The van der Waals surface area contributed by atoms with Crippen molar-refractivity contribution in [1.82, 2.24) is 9.80 Å². The lowest BCUT2D eigenvalue weighted by atomic mass is 9.94. The number of esters is 1. The molecule has 29 heavy (non-hydrogen) atoms. The van der Waals surface area contributed by atoms with Crippen molar-refractivity contribution in [2.75, 3.05) is 32.5 Å². The third-order valence-electron chi connectivity index (χ3n) is 5.76. The summed E-state index contributed by atoms with van der Waals surface area (Å²) in [5.41, 5.74) is 0.403. The molecule has 0 atom stereocenters. The van der Waals surface area contributed by atoms with E-state index in [2.05, 4.69) is 0 Å². The molecular formula is C22H30N2O4S. The highest BCUT2D eigenvalue weighted by atomic mass is 32.2. The maximum absolute atomic E-state index is 12.6. The van der Waals surface area contributed by atoms with Gasteiger partial charge in [0.2, 0.25) is 5.91 Å². The Morgan fingerprint density at radius 3 is 2.48 bits per heavy atom. The summed E-state index contributed by atoms with van der Waals surface area (Å²) in [7, 11) is 1.79. The minimum absolute atomic E-state index is 0.0972. The van der Waals surface area contributed by atoms with E-state index < -0.39 is 5.97 Å². The summed E-state index contributed by atoms with van der Waals surface area (Å²) in [6, 6.07) is 7.34. The van der Waals surface area contributed by atoms with Crippen LogP contribution in [0, 0.1) is 0 Å². The van der Waals surface area contributed by atoms with Crippen molar-refractivity contribution in [2.45, 2.75) is 55.9 Å². The molecule has 1 saturated heterocycles. The molecule has 3 rings (SSSR count). The Bertz CT molecular complexity index is 727. The number of hydrogen-bond acceptors (Lipinski definition) is 5. The van der Waals surface area contributed by atoms with E-state index in [1.165, 1.54) is 18.2 Å². The Morgan fingerprint density at radius 2 is 1.76 bits per heavy atom. The van der Waals surface area contributed by atoms with Crippen molar-refractivity contribution in [3.05, 3.63) is 29.8 Å². The second-order valence-corrected chi connectivity index (χ2v) is 8.76. The first-order chi connectivity index (χ1) is 14.1. The Labute approximate surface area is 176 Å². The third-order valence-corrected chi connectivity index (χ3v) is 6.82. The second kappa shape index (κ2) is 10.7. The topological polar surface area (TPSA) is 66.9 Å². The van der Waals surface area contributed by atoms with Gasteiger partial charge >= 0.3 is 5.97 Å². The van der Waals surface area contributed by atoms with Gasteiger partial charge < -0.3 is 14.5 Å². The number of ether oxygens (including phenoxy) is 1. The van der Waals surface area contributed by atoms with Crippen molar-refractivity contribution in [3.63, 3.8) is 0 Å². The molecule has 0 bridgehead atoms. The highest BCUT2D eigenvalue weighted by molar-refractivity contribution is 8.00. The lowest BCUT2D eigenvalue weighted by molar-refractivity contribution is -0.135. The van der Waals surface area contributed by atoms with Crippen LogP contribution in [0.1, 0.15) is 55.3 Å². The van der Waals surface area contributed by atoms with Gasteiger partial charge in [-0.3, -0.25) is 9.59 Å². The van der Waals surface area contributed by atoms with Crippen LogP contribution in [0.25, 0.3) is 0 Å².